The molecule has 0 N–H and O–H groups in total. The molecule has 0 atom stereocenters. The third-order valence-corrected chi connectivity index (χ3v) is 3.87. The Balaban J connectivity index is 1.88. The van der Waals surface area contributed by atoms with Crippen LogP contribution in [0.5, 0.6) is 0 Å². The molecule has 0 aliphatic carbocycles. The van der Waals surface area contributed by atoms with Crippen LogP contribution in [0.4, 0.5) is 0 Å². The highest BCUT2D eigenvalue weighted by molar-refractivity contribution is 5.80. The maximum Gasteiger partial charge on any atom is 0.163 e. The van der Waals surface area contributed by atoms with Crippen LogP contribution >= 0.6 is 0 Å². The van der Waals surface area contributed by atoms with Crippen LogP contribution in [0.15, 0.2) is 73.1 Å². The quantitative estimate of drug-likeness (QED) is 0.547. The highest BCUT2D eigenvalue weighted by Crippen LogP contribution is 2.28. The van der Waals surface area contributed by atoms with Gasteiger partial charge in [0, 0.05) is 17.5 Å². The van der Waals surface area contributed by atoms with Gasteiger partial charge in [-0.2, -0.15) is 5.10 Å². The first-order chi connectivity index (χ1) is 10.8. The molecule has 0 saturated carbocycles. The van der Waals surface area contributed by atoms with Crippen molar-refractivity contribution in [3.05, 3.63) is 78.8 Å². The van der Waals surface area contributed by atoms with Crippen molar-refractivity contribution in [2.75, 3.05) is 0 Å². The second-order valence-electron chi connectivity index (χ2n) is 5.33. The van der Waals surface area contributed by atoms with Crippen molar-refractivity contribution >= 4 is 5.65 Å². The Morgan fingerprint density at radius 1 is 0.818 bits per heavy atom. The van der Waals surface area contributed by atoms with Crippen molar-refractivity contribution in [2.45, 2.75) is 6.92 Å². The Labute approximate surface area is 128 Å². The topological polar surface area (TPSA) is 30.2 Å². The summed E-state index contributed by atoms with van der Waals surface area (Å²) in [4.78, 5) is 4.48. The summed E-state index contributed by atoms with van der Waals surface area (Å²) in [5, 5.41) is 4.45. The molecular weight excluding hydrogens is 270 g/mol. The normalized spacial score (nSPS) is 11.0. The average Bonchev–Trinajstić information content (AvgIpc) is 3.01. The summed E-state index contributed by atoms with van der Waals surface area (Å²) in [5.41, 5.74) is 6.58. The average molecular weight is 285 g/mol. The predicted octanol–water partition coefficient (Wildman–Crippen LogP) is 4.37. The second-order valence-corrected chi connectivity index (χ2v) is 5.33. The molecule has 0 spiro atoms. The monoisotopic (exact) mass is 285 g/mol. The number of aromatic nitrogens is 3. The lowest BCUT2D eigenvalue weighted by molar-refractivity contribution is 0.895. The van der Waals surface area contributed by atoms with Crippen LogP contribution < -0.4 is 0 Å². The fourth-order valence-corrected chi connectivity index (χ4v) is 2.71. The zero-order valence-corrected chi connectivity index (χ0v) is 12.3. The van der Waals surface area contributed by atoms with Crippen LogP contribution in [0.25, 0.3) is 27.9 Å². The number of hydrogen-bond acceptors (Lipinski definition) is 2. The number of benzene rings is 2. The summed E-state index contributed by atoms with van der Waals surface area (Å²) in [6.07, 6.45) is 3.72. The zero-order valence-electron chi connectivity index (χ0n) is 12.3. The minimum absolute atomic E-state index is 0.894. The van der Waals surface area contributed by atoms with Gasteiger partial charge in [-0.1, -0.05) is 48.5 Å². The SMILES string of the molecule is Cc1ccnc2c(-c3cccc(-c4ccccc4)c3)cnn12. The molecule has 3 nitrogen and oxygen atoms in total. The Kier molecular flexibility index (Phi) is 2.97. The first-order valence-electron chi connectivity index (χ1n) is 7.28. The second kappa shape index (κ2) is 5.11. The van der Waals surface area contributed by atoms with E-state index in [-0.39, 0.29) is 0 Å². The van der Waals surface area contributed by atoms with Gasteiger partial charge in [0.25, 0.3) is 0 Å². The summed E-state index contributed by atoms with van der Waals surface area (Å²) in [6, 6.07) is 20.9. The van der Waals surface area contributed by atoms with Crippen molar-refractivity contribution in [2.24, 2.45) is 0 Å². The molecule has 3 heteroatoms. The van der Waals surface area contributed by atoms with Gasteiger partial charge in [0.1, 0.15) is 0 Å². The molecule has 0 aliphatic heterocycles. The molecular formula is C19H15N3. The van der Waals surface area contributed by atoms with Crippen molar-refractivity contribution in [3.8, 4) is 22.3 Å². The summed E-state index contributed by atoms with van der Waals surface area (Å²) in [6.45, 7) is 2.03. The fourth-order valence-electron chi connectivity index (χ4n) is 2.71. The van der Waals surface area contributed by atoms with E-state index in [0.29, 0.717) is 0 Å². The molecule has 0 aliphatic rings. The van der Waals surface area contributed by atoms with Crippen LogP contribution in [0.3, 0.4) is 0 Å². The molecule has 0 saturated heterocycles. The molecule has 106 valence electrons. The van der Waals surface area contributed by atoms with E-state index in [2.05, 4.69) is 58.6 Å². The zero-order chi connectivity index (χ0) is 14.9. The van der Waals surface area contributed by atoms with Gasteiger partial charge in [-0.15, -0.1) is 0 Å². The smallest absolute Gasteiger partial charge is 0.163 e. The molecule has 0 radical (unpaired) electrons. The van der Waals surface area contributed by atoms with Gasteiger partial charge in [0.05, 0.1) is 6.20 Å². The minimum Gasteiger partial charge on any atom is -0.236 e. The Morgan fingerprint density at radius 3 is 2.45 bits per heavy atom. The van der Waals surface area contributed by atoms with Gasteiger partial charge in [-0.05, 0) is 35.7 Å². The summed E-state index contributed by atoms with van der Waals surface area (Å²) < 4.78 is 1.88. The summed E-state index contributed by atoms with van der Waals surface area (Å²) in [7, 11) is 0. The lowest BCUT2D eigenvalue weighted by atomic mass is 10.0. The molecule has 4 aromatic rings. The minimum atomic E-state index is 0.894. The molecule has 2 heterocycles. The van der Waals surface area contributed by atoms with Gasteiger partial charge in [0.2, 0.25) is 0 Å². The molecule has 0 amide bonds. The lowest BCUT2D eigenvalue weighted by Crippen LogP contribution is -1.94. The maximum atomic E-state index is 4.48. The van der Waals surface area contributed by atoms with Crippen LogP contribution in [-0.2, 0) is 0 Å². The van der Waals surface area contributed by atoms with E-state index in [4.69, 9.17) is 0 Å². The van der Waals surface area contributed by atoms with Crippen LogP contribution in [-0.4, -0.2) is 14.6 Å². The van der Waals surface area contributed by atoms with Crippen LogP contribution in [0.2, 0.25) is 0 Å². The molecule has 2 aromatic carbocycles. The summed E-state index contributed by atoms with van der Waals surface area (Å²) in [5.74, 6) is 0. The molecule has 4 rings (SSSR count). The van der Waals surface area contributed by atoms with E-state index in [1.54, 1.807) is 0 Å². The van der Waals surface area contributed by atoms with E-state index in [1.807, 2.05) is 36.0 Å². The highest BCUT2D eigenvalue weighted by atomic mass is 15.2. The van der Waals surface area contributed by atoms with Crippen LogP contribution in [0.1, 0.15) is 5.69 Å². The van der Waals surface area contributed by atoms with Gasteiger partial charge < -0.3 is 0 Å². The van der Waals surface area contributed by atoms with E-state index in [9.17, 15) is 0 Å². The third kappa shape index (κ3) is 2.07. The molecule has 0 bridgehead atoms. The maximum absolute atomic E-state index is 4.48. The Morgan fingerprint density at radius 2 is 1.59 bits per heavy atom. The van der Waals surface area contributed by atoms with E-state index >= 15 is 0 Å². The van der Waals surface area contributed by atoms with Crippen molar-refractivity contribution < 1.29 is 0 Å². The van der Waals surface area contributed by atoms with Gasteiger partial charge in [0.15, 0.2) is 5.65 Å². The number of aryl methyl sites for hydroxylation is 1. The lowest BCUT2D eigenvalue weighted by Gasteiger charge is -2.05. The third-order valence-electron chi connectivity index (χ3n) is 3.87. The number of rotatable bonds is 2. The standard InChI is InChI=1S/C19H15N3/c1-14-10-11-20-19-18(13-21-22(14)19)17-9-5-8-16(12-17)15-6-3-2-4-7-15/h2-13H,1H3. The number of nitrogens with zero attached hydrogens (tertiary/aromatic N) is 3. The van der Waals surface area contributed by atoms with Crippen molar-refractivity contribution in [1.82, 2.24) is 14.6 Å². The first-order valence-corrected chi connectivity index (χ1v) is 7.28. The fraction of sp³-hybridized carbons (Fsp3) is 0.0526. The Hall–Kier alpha value is -2.94. The van der Waals surface area contributed by atoms with E-state index in [1.165, 1.54) is 11.1 Å². The van der Waals surface area contributed by atoms with Gasteiger partial charge in [-0.3, -0.25) is 0 Å². The van der Waals surface area contributed by atoms with Crippen LogP contribution in [0, 0.1) is 6.92 Å². The van der Waals surface area contributed by atoms with Gasteiger partial charge in [-0.25, -0.2) is 9.50 Å². The number of hydrogen-bond donors (Lipinski definition) is 0. The molecule has 0 unspecified atom stereocenters. The molecule has 22 heavy (non-hydrogen) atoms. The molecule has 0 fully saturated rings. The van der Waals surface area contributed by atoms with Crippen molar-refractivity contribution in [3.63, 3.8) is 0 Å². The van der Waals surface area contributed by atoms with Crippen molar-refractivity contribution in [1.29, 1.82) is 0 Å². The molecule has 2 aromatic heterocycles. The van der Waals surface area contributed by atoms with E-state index in [0.717, 1.165) is 22.5 Å². The Bertz CT molecular complexity index is 939. The first kappa shape index (κ1) is 12.8. The van der Waals surface area contributed by atoms with E-state index < -0.39 is 0 Å². The van der Waals surface area contributed by atoms with Gasteiger partial charge >= 0.3 is 0 Å². The number of fused-ring (bicyclic) bond motifs is 1. The highest BCUT2D eigenvalue weighted by Gasteiger charge is 2.09. The predicted molar refractivity (Wildman–Crippen MR) is 88.6 cm³/mol. The largest absolute Gasteiger partial charge is 0.236 e. The summed E-state index contributed by atoms with van der Waals surface area (Å²) >= 11 is 0.